The maximum absolute atomic E-state index is 12.3. The number of nitrogens with zero attached hydrogens (tertiary/aromatic N) is 2. The number of aromatic carboxylic acids is 1. The molecular formula is C15H17N3O3. The Morgan fingerprint density at radius 1 is 1.33 bits per heavy atom. The largest absolute Gasteiger partial charge is 0.478 e. The Morgan fingerprint density at radius 2 is 2.05 bits per heavy atom. The number of rotatable bonds is 4. The highest BCUT2D eigenvalue weighted by Crippen LogP contribution is 2.20. The van der Waals surface area contributed by atoms with Gasteiger partial charge in [-0.15, -0.1) is 0 Å². The van der Waals surface area contributed by atoms with Crippen LogP contribution in [0, 0.1) is 13.8 Å². The Balaban J connectivity index is 2.32. The molecule has 0 fully saturated rings. The number of aromatic nitrogens is 2. The van der Waals surface area contributed by atoms with Crippen LogP contribution in [0.2, 0.25) is 0 Å². The van der Waals surface area contributed by atoms with Gasteiger partial charge in [-0.2, -0.15) is 5.10 Å². The van der Waals surface area contributed by atoms with Crippen LogP contribution >= 0.6 is 0 Å². The normalized spacial score (nSPS) is 10.4. The number of amides is 1. The van der Waals surface area contributed by atoms with Crippen molar-refractivity contribution in [3.8, 4) is 0 Å². The Kier molecular flexibility index (Phi) is 4.07. The van der Waals surface area contributed by atoms with Gasteiger partial charge < -0.3 is 10.4 Å². The number of hydrogen-bond acceptors (Lipinski definition) is 3. The first-order valence-electron chi connectivity index (χ1n) is 6.62. The summed E-state index contributed by atoms with van der Waals surface area (Å²) >= 11 is 0. The predicted molar refractivity (Wildman–Crippen MR) is 78.7 cm³/mol. The number of carbonyl (C=O) groups excluding carboxylic acids is 1. The van der Waals surface area contributed by atoms with Crippen LogP contribution in [-0.4, -0.2) is 26.8 Å². The summed E-state index contributed by atoms with van der Waals surface area (Å²) in [5, 5.41) is 16.1. The maximum Gasteiger partial charge on any atom is 0.336 e. The number of aryl methyl sites for hydroxylation is 2. The zero-order chi connectivity index (χ0) is 15.6. The molecule has 0 unspecified atom stereocenters. The lowest BCUT2D eigenvalue weighted by Gasteiger charge is -2.11. The van der Waals surface area contributed by atoms with Gasteiger partial charge in [0.05, 0.1) is 11.3 Å². The lowest BCUT2D eigenvalue weighted by atomic mass is 10.1. The summed E-state index contributed by atoms with van der Waals surface area (Å²) in [5.74, 6) is -1.32. The van der Waals surface area contributed by atoms with Crippen LogP contribution in [0.25, 0.3) is 0 Å². The van der Waals surface area contributed by atoms with Gasteiger partial charge in [0.2, 0.25) is 0 Å². The number of benzene rings is 1. The molecule has 1 aromatic carbocycles. The third-order valence-corrected chi connectivity index (χ3v) is 3.25. The van der Waals surface area contributed by atoms with Crippen LogP contribution in [0.4, 0.5) is 5.69 Å². The number of nitrogens with one attached hydrogen (secondary N) is 1. The van der Waals surface area contributed by atoms with E-state index in [-0.39, 0.29) is 11.5 Å². The van der Waals surface area contributed by atoms with Crippen molar-refractivity contribution in [2.45, 2.75) is 27.3 Å². The van der Waals surface area contributed by atoms with Gasteiger partial charge >= 0.3 is 5.97 Å². The Bertz CT molecular complexity index is 704. The number of carboxylic acid groups (broad SMARTS) is 1. The summed E-state index contributed by atoms with van der Waals surface area (Å²) in [6.07, 6.45) is 0. The van der Waals surface area contributed by atoms with E-state index in [4.69, 9.17) is 5.11 Å². The molecule has 2 aromatic rings. The van der Waals surface area contributed by atoms with Gasteiger partial charge in [-0.3, -0.25) is 9.48 Å². The molecule has 1 heterocycles. The quantitative estimate of drug-likeness (QED) is 0.904. The van der Waals surface area contributed by atoms with Crippen molar-refractivity contribution < 1.29 is 14.7 Å². The van der Waals surface area contributed by atoms with Crippen LogP contribution in [0.1, 0.15) is 39.0 Å². The van der Waals surface area contributed by atoms with Crippen LogP contribution in [0.5, 0.6) is 0 Å². The second-order valence-corrected chi connectivity index (χ2v) is 4.72. The van der Waals surface area contributed by atoms with E-state index in [2.05, 4.69) is 10.4 Å². The molecule has 0 atom stereocenters. The van der Waals surface area contributed by atoms with E-state index < -0.39 is 5.97 Å². The fourth-order valence-electron chi connectivity index (χ4n) is 2.16. The summed E-state index contributed by atoms with van der Waals surface area (Å²) in [7, 11) is 0. The van der Waals surface area contributed by atoms with Crippen molar-refractivity contribution in [3.63, 3.8) is 0 Å². The lowest BCUT2D eigenvalue weighted by molar-refractivity contribution is 0.0695. The second kappa shape index (κ2) is 5.78. The summed E-state index contributed by atoms with van der Waals surface area (Å²) in [6, 6.07) is 6.50. The zero-order valence-corrected chi connectivity index (χ0v) is 12.2. The molecule has 0 spiro atoms. The minimum Gasteiger partial charge on any atom is -0.478 e. The molecule has 6 heteroatoms. The Labute approximate surface area is 122 Å². The molecule has 2 rings (SSSR count). The molecule has 110 valence electrons. The molecule has 21 heavy (non-hydrogen) atoms. The highest BCUT2D eigenvalue weighted by molar-refractivity contribution is 6.04. The third-order valence-electron chi connectivity index (χ3n) is 3.25. The SMILES string of the molecule is CCn1nc(C)cc1C(=O)Nc1cccc(C(=O)O)c1C. The van der Waals surface area contributed by atoms with E-state index in [0.717, 1.165) is 5.69 Å². The molecule has 1 amide bonds. The summed E-state index contributed by atoms with van der Waals surface area (Å²) < 4.78 is 1.61. The summed E-state index contributed by atoms with van der Waals surface area (Å²) in [4.78, 5) is 23.4. The van der Waals surface area contributed by atoms with E-state index in [1.165, 1.54) is 6.07 Å². The predicted octanol–water partition coefficient (Wildman–Crippen LogP) is 2.47. The molecule has 0 aliphatic carbocycles. The molecule has 2 N–H and O–H groups in total. The van der Waals surface area contributed by atoms with Crippen LogP contribution in [0.3, 0.4) is 0 Å². The second-order valence-electron chi connectivity index (χ2n) is 4.72. The van der Waals surface area contributed by atoms with Gasteiger partial charge in [0, 0.05) is 12.2 Å². The fourth-order valence-corrected chi connectivity index (χ4v) is 2.16. The van der Waals surface area contributed by atoms with Gasteiger partial charge in [0.1, 0.15) is 5.69 Å². The van der Waals surface area contributed by atoms with Crippen LogP contribution in [-0.2, 0) is 6.54 Å². The van der Waals surface area contributed by atoms with Crippen molar-refractivity contribution in [3.05, 3.63) is 46.8 Å². The molecule has 0 aliphatic rings. The smallest absolute Gasteiger partial charge is 0.336 e. The molecule has 0 aliphatic heterocycles. The van der Waals surface area contributed by atoms with Crippen LogP contribution < -0.4 is 5.32 Å². The van der Waals surface area contributed by atoms with Gasteiger partial charge in [0.15, 0.2) is 0 Å². The Hall–Kier alpha value is -2.63. The van der Waals surface area contributed by atoms with Crippen molar-refractivity contribution in [2.24, 2.45) is 0 Å². The highest BCUT2D eigenvalue weighted by atomic mass is 16.4. The van der Waals surface area contributed by atoms with Gasteiger partial charge in [-0.05, 0) is 44.5 Å². The minimum atomic E-state index is -1.02. The van der Waals surface area contributed by atoms with Crippen molar-refractivity contribution in [1.29, 1.82) is 0 Å². The molecule has 6 nitrogen and oxygen atoms in total. The van der Waals surface area contributed by atoms with Gasteiger partial charge in [-0.25, -0.2) is 4.79 Å². The topological polar surface area (TPSA) is 84.2 Å². The van der Waals surface area contributed by atoms with Crippen molar-refractivity contribution in [1.82, 2.24) is 9.78 Å². The third kappa shape index (κ3) is 2.94. The monoisotopic (exact) mass is 287 g/mol. The molecule has 0 radical (unpaired) electrons. The molecule has 0 saturated carbocycles. The van der Waals surface area contributed by atoms with E-state index in [9.17, 15) is 9.59 Å². The van der Waals surface area contributed by atoms with E-state index in [1.54, 1.807) is 29.8 Å². The van der Waals surface area contributed by atoms with E-state index in [0.29, 0.717) is 23.5 Å². The minimum absolute atomic E-state index is 0.174. The number of carboxylic acids is 1. The maximum atomic E-state index is 12.3. The van der Waals surface area contributed by atoms with Gasteiger partial charge in [0.25, 0.3) is 5.91 Å². The zero-order valence-electron chi connectivity index (χ0n) is 12.2. The molecule has 0 saturated heterocycles. The molecule has 1 aromatic heterocycles. The molecular weight excluding hydrogens is 270 g/mol. The first kappa shape index (κ1) is 14.8. The average Bonchev–Trinajstić information content (AvgIpc) is 2.82. The van der Waals surface area contributed by atoms with E-state index in [1.807, 2.05) is 13.8 Å². The first-order chi connectivity index (χ1) is 9.93. The van der Waals surface area contributed by atoms with E-state index >= 15 is 0 Å². The Morgan fingerprint density at radius 3 is 2.67 bits per heavy atom. The fraction of sp³-hybridized carbons (Fsp3) is 0.267. The number of anilines is 1. The first-order valence-corrected chi connectivity index (χ1v) is 6.62. The highest BCUT2D eigenvalue weighted by Gasteiger charge is 2.16. The summed E-state index contributed by atoms with van der Waals surface area (Å²) in [6.45, 7) is 5.98. The average molecular weight is 287 g/mol. The van der Waals surface area contributed by atoms with Crippen LogP contribution in [0.15, 0.2) is 24.3 Å². The molecule has 0 bridgehead atoms. The van der Waals surface area contributed by atoms with Crippen molar-refractivity contribution in [2.75, 3.05) is 5.32 Å². The summed E-state index contributed by atoms with van der Waals surface area (Å²) in [5.41, 5.74) is 2.40. The van der Waals surface area contributed by atoms with Crippen molar-refractivity contribution >= 4 is 17.6 Å². The number of hydrogen-bond donors (Lipinski definition) is 2. The lowest BCUT2D eigenvalue weighted by Crippen LogP contribution is -2.18. The standard InChI is InChI=1S/C15H17N3O3/c1-4-18-13(8-9(2)17-18)14(19)16-12-7-5-6-11(10(12)3)15(20)21/h5-8H,4H2,1-3H3,(H,16,19)(H,20,21). The van der Waals surface area contributed by atoms with Gasteiger partial charge in [-0.1, -0.05) is 6.07 Å². The number of carbonyl (C=O) groups is 2.